The minimum absolute atomic E-state index is 0.794. The van der Waals surface area contributed by atoms with E-state index in [9.17, 15) is 0 Å². The fraction of sp³-hybridized carbons (Fsp3) is 1.00. The van der Waals surface area contributed by atoms with Gasteiger partial charge in [-0.15, -0.1) is 0 Å². The van der Waals surface area contributed by atoms with E-state index in [0.717, 1.165) is 18.4 Å². The Balaban J connectivity index is 2.32. The Labute approximate surface area is 88.8 Å². The Morgan fingerprint density at radius 2 is 1.86 bits per heavy atom. The summed E-state index contributed by atoms with van der Waals surface area (Å²) in [5.41, 5.74) is 5.82. The van der Waals surface area contributed by atoms with E-state index in [4.69, 9.17) is 5.73 Å². The third kappa shape index (κ3) is 3.58. The molecule has 0 aromatic heterocycles. The van der Waals surface area contributed by atoms with E-state index in [-0.39, 0.29) is 0 Å². The van der Waals surface area contributed by atoms with E-state index < -0.39 is 0 Å². The summed E-state index contributed by atoms with van der Waals surface area (Å²) in [6.07, 6.45) is 6.84. The first-order valence-electron chi connectivity index (χ1n) is 6.16. The van der Waals surface area contributed by atoms with Gasteiger partial charge in [0.15, 0.2) is 0 Å². The van der Waals surface area contributed by atoms with Crippen LogP contribution in [0, 0.1) is 11.8 Å². The fourth-order valence-corrected chi connectivity index (χ4v) is 2.71. The van der Waals surface area contributed by atoms with Crippen molar-refractivity contribution in [1.82, 2.24) is 4.90 Å². The molecule has 0 amide bonds. The Morgan fingerprint density at radius 1 is 1.21 bits per heavy atom. The number of nitrogens with two attached hydrogens (primary N) is 1. The van der Waals surface area contributed by atoms with Gasteiger partial charge < -0.3 is 10.6 Å². The second-order valence-corrected chi connectivity index (χ2v) is 4.80. The number of rotatable bonds is 5. The Bertz CT molecular complexity index is 147. The summed E-state index contributed by atoms with van der Waals surface area (Å²) in [6, 6.07) is 0. The molecular weight excluding hydrogens is 172 g/mol. The van der Waals surface area contributed by atoms with Crippen LogP contribution in [0.2, 0.25) is 0 Å². The maximum Gasteiger partial charge on any atom is 0.000973 e. The zero-order valence-electron chi connectivity index (χ0n) is 9.84. The van der Waals surface area contributed by atoms with Crippen LogP contribution < -0.4 is 5.73 Å². The predicted octanol–water partition coefficient (Wildman–Crippen LogP) is 2.09. The zero-order valence-corrected chi connectivity index (χ0v) is 9.84. The molecule has 1 fully saturated rings. The maximum absolute atomic E-state index is 5.82. The highest BCUT2D eigenvalue weighted by Crippen LogP contribution is 2.29. The first-order valence-corrected chi connectivity index (χ1v) is 6.16. The molecule has 1 rings (SSSR count). The van der Waals surface area contributed by atoms with E-state index in [0.29, 0.717) is 0 Å². The highest BCUT2D eigenvalue weighted by Gasteiger charge is 2.24. The van der Waals surface area contributed by atoms with Crippen molar-refractivity contribution in [3.63, 3.8) is 0 Å². The molecule has 0 aliphatic heterocycles. The Kier molecular flexibility index (Phi) is 5.49. The van der Waals surface area contributed by atoms with Gasteiger partial charge in [-0.3, -0.25) is 0 Å². The third-order valence-electron chi connectivity index (χ3n) is 3.52. The van der Waals surface area contributed by atoms with Crippen molar-refractivity contribution in [3.05, 3.63) is 0 Å². The Hall–Kier alpha value is -0.0800. The standard InChI is InChI=1S/C12H26N2/c1-3-8-14(2)10-12-7-5-4-6-11(12)9-13/h11-12H,3-10,13H2,1-2H3. The monoisotopic (exact) mass is 198 g/mol. The molecule has 84 valence electrons. The molecule has 2 nitrogen and oxygen atoms in total. The van der Waals surface area contributed by atoms with Crippen molar-refractivity contribution in [2.75, 3.05) is 26.7 Å². The molecule has 1 aliphatic carbocycles. The highest BCUT2D eigenvalue weighted by atomic mass is 15.1. The average molecular weight is 198 g/mol. The summed E-state index contributed by atoms with van der Waals surface area (Å²) in [5, 5.41) is 0. The Morgan fingerprint density at radius 3 is 2.43 bits per heavy atom. The minimum Gasteiger partial charge on any atom is -0.330 e. The fourth-order valence-electron chi connectivity index (χ4n) is 2.71. The molecule has 2 atom stereocenters. The van der Waals surface area contributed by atoms with E-state index >= 15 is 0 Å². The van der Waals surface area contributed by atoms with Gasteiger partial charge in [0.25, 0.3) is 0 Å². The second-order valence-electron chi connectivity index (χ2n) is 4.80. The van der Waals surface area contributed by atoms with Gasteiger partial charge in [0.2, 0.25) is 0 Å². The largest absolute Gasteiger partial charge is 0.330 e. The minimum atomic E-state index is 0.794. The lowest BCUT2D eigenvalue weighted by Gasteiger charge is -2.33. The van der Waals surface area contributed by atoms with Gasteiger partial charge in [-0.25, -0.2) is 0 Å². The van der Waals surface area contributed by atoms with E-state index in [1.807, 2.05) is 0 Å². The number of hydrogen-bond acceptors (Lipinski definition) is 2. The molecular formula is C12H26N2. The molecule has 0 heterocycles. The molecule has 0 radical (unpaired) electrons. The first-order chi connectivity index (χ1) is 6.77. The zero-order chi connectivity index (χ0) is 10.4. The molecule has 14 heavy (non-hydrogen) atoms. The van der Waals surface area contributed by atoms with Gasteiger partial charge in [0.1, 0.15) is 0 Å². The SMILES string of the molecule is CCCN(C)CC1CCCCC1CN. The van der Waals surface area contributed by atoms with E-state index in [1.54, 1.807) is 0 Å². The molecule has 0 aromatic carbocycles. The van der Waals surface area contributed by atoms with Crippen LogP contribution in [-0.2, 0) is 0 Å². The first kappa shape index (κ1) is 12.0. The van der Waals surface area contributed by atoms with Crippen LogP contribution in [0.3, 0.4) is 0 Å². The van der Waals surface area contributed by atoms with Crippen molar-refractivity contribution < 1.29 is 0 Å². The van der Waals surface area contributed by atoms with Gasteiger partial charge in [0.05, 0.1) is 0 Å². The maximum atomic E-state index is 5.82. The molecule has 1 aliphatic rings. The van der Waals surface area contributed by atoms with Crippen LogP contribution in [0.15, 0.2) is 0 Å². The van der Waals surface area contributed by atoms with E-state index in [1.165, 1.54) is 45.2 Å². The smallest absolute Gasteiger partial charge is 0.000973 e. The van der Waals surface area contributed by atoms with Crippen LogP contribution in [0.1, 0.15) is 39.0 Å². The van der Waals surface area contributed by atoms with Crippen LogP contribution in [0.5, 0.6) is 0 Å². The van der Waals surface area contributed by atoms with E-state index in [2.05, 4.69) is 18.9 Å². The van der Waals surface area contributed by atoms with Crippen molar-refractivity contribution >= 4 is 0 Å². The molecule has 1 saturated carbocycles. The summed E-state index contributed by atoms with van der Waals surface area (Å²) in [5.74, 6) is 1.66. The normalized spacial score (nSPS) is 28.3. The van der Waals surface area contributed by atoms with Gasteiger partial charge >= 0.3 is 0 Å². The van der Waals surface area contributed by atoms with Crippen LogP contribution >= 0.6 is 0 Å². The molecule has 2 heteroatoms. The topological polar surface area (TPSA) is 29.3 Å². The van der Waals surface area contributed by atoms with Crippen molar-refractivity contribution in [2.24, 2.45) is 17.6 Å². The van der Waals surface area contributed by atoms with Gasteiger partial charge in [0, 0.05) is 6.54 Å². The van der Waals surface area contributed by atoms with Gasteiger partial charge in [-0.2, -0.15) is 0 Å². The number of nitrogens with zero attached hydrogens (tertiary/aromatic N) is 1. The van der Waals surface area contributed by atoms with Crippen LogP contribution in [0.4, 0.5) is 0 Å². The average Bonchev–Trinajstić information content (AvgIpc) is 2.19. The van der Waals surface area contributed by atoms with Gasteiger partial charge in [-0.1, -0.05) is 19.8 Å². The van der Waals surface area contributed by atoms with Crippen LogP contribution in [-0.4, -0.2) is 31.6 Å². The van der Waals surface area contributed by atoms with Crippen molar-refractivity contribution in [2.45, 2.75) is 39.0 Å². The molecule has 0 aromatic rings. The lowest BCUT2D eigenvalue weighted by molar-refractivity contribution is 0.174. The summed E-state index contributed by atoms with van der Waals surface area (Å²) in [6.45, 7) is 5.63. The lowest BCUT2D eigenvalue weighted by Crippen LogP contribution is -2.35. The molecule has 2 N–H and O–H groups in total. The molecule has 2 unspecified atom stereocenters. The second kappa shape index (κ2) is 6.41. The quantitative estimate of drug-likeness (QED) is 0.733. The van der Waals surface area contributed by atoms with Crippen LogP contribution in [0.25, 0.3) is 0 Å². The summed E-state index contributed by atoms with van der Waals surface area (Å²) >= 11 is 0. The van der Waals surface area contributed by atoms with Crippen molar-refractivity contribution in [3.8, 4) is 0 Å². The molecule has 0 saturated heterocycles. The predicted molar refractivity (Wildman–Crippen MR) is 62.3 cm³/mol. The molecule has 0 bridgehead atoms. The summed E-state index contributed by atoms with van der Waals surface area (Å²) in [4.78, 5) is 2.47. The van der Waals surface area contributed by atoms with Gasteiger partial charge in [-0.05, 0) is 51.2 Å². The lowest BCUT2D eigenvalue weighted by atomic mass is 9.79. The summed E-state index contributed by atoms with van der Waals surface area (Å²) < 4.78 is 0. The number of hydrogen-bond donors (Lipinski definition) is 1. The highest BCUT2D eigenvalue weighted by molar-refractivity contribution is 4.78. The molecule has 0 spiro atoms. The third-order valence-corrected chi connectivity index (χ3v) is 3.52. The summed E-state index contributed by atoms with van der Waals surface area (Å²) in [7, 11) is 2.24. The van der Waals surface area contributed by atoms with Crippen molar-refractivity contribution in [1.29, 1.82) is 0 Å².